The maximum Gasteiger partial charge on any atom is 0.299 e. The lowest BCUT2D eigenvalue weighted by Gasteiger charge is -2.12. The minimum Gasteiger partial charge on any atom is -0.398 e. The van der Waals surface area contributed by atoms with E-state index in [1.807, 2.05) is 26.8 Å². The molecule has 0 atom stereocenters. The summed E-state index contributed by atoms with van der Waals surface area (Å²) in [5, 5.41) is 0. The second kappa shape index (κ2) is 6.06. The highest BCUT2D eigenvalue weighted by Gasteiger charge is 2.10. The van der Waals surface area contributed by atoms with Crippen LogP contribution in [-0.4, -0.2) is 15.0 Å². The molecule has 0 aliphatic carbocycles. The van der Waals surface area contributed by atoms with Crippen LogP contribution in [0.5, 0.6) is 0 Å². The fraction of sp³-hybridized carbons (Fsp3) is 0.500. The molecule has 0 aliphatic heterocycles. The highest BCUT2D eigenvalue weighted by Crippen LogP contribution is 2.19. The lowest BCUT2D eigenvalue weighted by atomic mass is 10.1. The van der Waals surface area contributed by atoms with Crippen molar-refractivity contribution < 1.29 is 8.42 Å². The molecule has 102 valence electrons. The van der Waals surface area contributed by atoms with Crippen molar-refractivity contribution in [3.8, 4) is 0 Å². The van der Waals surface area contributed by atoms with Crippen molar-refractivity contribution in [2.45, 2.75) is 27.2 Å². The van der Waals surface area contributed by atoms with Gasteiger partial charge >= 0.3 is 0 Å². The first-order valence-corrected chi connectivity index (χ1v) is 7.48. The number of nitrogens with one attached hydrogen (secondary N) is 2. The smallest absolute Gasteiger partial charge is 0.299 e. The van der Waals surface area contributed by atoms with Gasteiger partial charge in [0.25, 0.3) is 10.2 Å². The first-order chi connectivity index (χ1) is 8.34. The van der Waals surface area contributed by atoms with Gasteiger partial charge in [-0.1, -0.05) is 26.8 Å². The summed E-state index contributed by atoms with van der Waals surface area (Å²) >= 11 is 0. The largest absolute Gasteiger partial charge is 0.398 e. The van der Waals surface area contributed by atoms with Gasteiger partial charge in [-0.3, -0.25) is 4.72 Å². The summed E-state index contributed by atoms with van der Waals surface area (Å²) in [7, 11) is -3.52. The van der Waals surface area contributed by atoms with Gasteiger partial charge < -0.3 is 5.73 Å². The first kappa shape index (κ1) is 14.8. The van der Waals surface area contributed by atoms with E-state index < -0.39 is 10.2 Å². The monoisotopic (exact) mass is 271 g/mol. The zero-order valence-electron chi connectivity index (χ0n) is 11.0. The molecule has 1 aromatic carbocycles. The summed E-state index contributed by atoms with van der Waals surface area (Å²) in [5.74, 6) is 0.258. The van der Waals surface area contributed by atoms with Crippen LogP contribution in [0.2, 0.25) is 0 Å². The van der Waals surface area contributed by atoms with Gasteiger partial charge in [0.2, 0.25) is 0 Å². The molecule has 0 fully saturated rings. The number of nitrogen functional groups attached to an aromatic ring is 1. The van der Waals surface area contributed by atoms with Crippen molar-refractivity contribution in [3.63, 3.8) is 0 Å². The van der Waals surface area contributed by atoms with Gasteiger partial charge in [-0.25, -0.2) is 0 Å². The number of anilines is 2. The highest BCUT2D eigenvalue weighted by molar-refractivity contribution is 7.90. The molecule has 5 nitrogen and oxygen atoms in total. The van der Waals surface area contributed by atoms with Crippen molar-refractivity contribution in [3.05, 3.63) is 23.8 Å². The third-order valence-corrected chi connectivity index (χ3v) is 3.51. The second-order valence-corrected chi connectivity index (χ2v) is 6.11. The zero-order chi connectivity index (χ0) is 13.8. The molecule has 0 radical (unpaired) electrons. The fourth-order valence-corrected chi connectivity index (χ4v) is 2.51. The van der Waals surface area contributed by atoms with E-state index in [2.05, 4.69) is 9.44 Å². The first-order valence-electron chi connectivity index (χ1n) is 6.00. The molecule has 1 aromatic rings. The lowest BCUT2D eigenvalue weighted by molar-refractivity contribution is 0.565. The number of aryl methyl sites for hydroxylation is 1. The van der Waals surface area contributed by atoms with E-state index in [4.69, 9.17) is 5.73 Å². The van der Waals surface area contributed by atoms with Gasteiger partial charge in [-0.15, -0.1) is 0 Å². The predicted octanol–water partition coefficient (Wildman–Crippen LogP) is 1.73. The van der Waals surface area contributed by atoms with E-state index in [-0.39, 0.29) is 5.92 Å². The van der Waals surface area contributed by atoms with Gasteiger partial charge in [-0.2, -0.15) is 13.1 Å². The molecule has 18 heavy (non-hydrogen) atoms. The van der Waals surface area contributed by atoms with Crippen LogP contribution in [0, 0.1) is 5.92 Å². The number of hydrogen-bond acceptors (Lipinski definition) is 3. The molecule has 0 aliphatic rings. The Kier molecular flexibility index (Phi) is 4.98. The molecular formula is C12H21N3O2S. The Labute approximate surface area is 109 Å². The summed E-state index contributed by atoms with van der Waals surface area (Å²) in [6.45, 7) is 6.28. The van der Waals surface area contributed by atoms with Gasteiger partial charge in [-0.05, 0) is 30.0 Å². The Balaban J connectivity index is 2.75. The quantitative estimate of drug-likeness (QED) is 0.689. The van der Waals surface area contributed by atoms with Crippen molar-refractivity contribution >= 4 is 21.6 Å². The Morgan fingerprint density at radius 3 is 2.50 bits per heavy atom. The molecule has 0 heterocycles. The van der Waals surface area contributed by atoms with Gasteiger partial charge in [0, 0.05) is 12.2 Å². The van der Waals surface area contributed by atoms with E-state index in [0.29, 0.717) is 17.9 Å². The third-order valence-electron chi connectivity index (χ3n) is 2.46. The average molecular weight is 271 g/mol. The van der Waals surface area contributed by atoms with Crippen LogP contribution in [-0.2, 0) is 16.6 Å². The van der Waals surface area contributed by atoms with Crippen LogP contribution in [0.15, 0.2) is 18.2 Å². The predicted molar refractivity (Wildman–Crippen MR) is 75.6 cm³/mol. The minimum atomic E-state index is -3.52. The second-order valence-electron chi connectivity index (χ2n) is 4.61. The molecular weight excluding hydrogens is 250 g/mol. The SMILES string of the molecule is CCc1ccc(NS(=O)(=O)NCC(C)C)cc1N. The van der Waals surface area contributed by atoms with Gasteiger partial charge in [0.15, 0.2) is 0 Å². The molecule has 6 heteroatoms. The van der Waals surface area contributed by atoms with Crippen LogP contribution >= 0.6 is 0 Å². The summed E-state index contributed by atoms with van der Waals surface area (Å²) in [5.41, 5.74) is 7.90. The molecule has 0 spiro atoms. The highest BCUT2D eigenvalue weighted by atomic mass is 32.2. The maximum absolute atomic E-state index is 11.7. The zero-order valence-corrected chi connectivity index (χ0v) is 11.8. The van der Waals surface area contributed by atoms with Crippen LogP contribution in [0.25, 0.3) is 0 Å². The van der Waals surface area contributed by atoms with Crippen LogP contribution in [0.4, 0.5) is 11.4 Å². The third kappa shape index (κ3) is 4.54. The minimum absolute atomic E-state index is 0.258. The van der Waals surface area contributed by atoms with Gasteiger partial charge in [0.05, 0.1) is 5.69 Å². The standard InChI is InChI=1S/C12H21N3O2S/c1-4-10-5-6-11(7-12(10)13)15-18(16,17)14-8-9(2)3/h5-7,9,14-15H,4,8,13H2,1-3H3. The van der Waals surface area contributed by atoms with E-state index >= 15 is 0 Å². The Bertz CT molecular complexity index is 498. The van der Waals surface area contributed by atoms with Crippen molar-refractivity contribution in [2.75, 3.05) is 17.0 Å². The van der Waals surface area contributed by atoms with E-state index in [9.17, 15) is 8.42 Å². The van der Waals surface area contributed by atoms with Crippen LogP contribution in [0.3, 0.4) is 0 Å². The number of nitrogens with two attached hydrogens (primary N) is 1. The summed E-state index contributed by atoms with van der Waals surface area (Å²) < 4.78 is 28.3. The molecule has 0 aromatic heterocycles. The Hall–Kier alpha value is -1.27. The van der Waals surface area contributed by atoms with Gasteiger partial charge in [0.1, 0.15) is 0 Å². The number of rotatable bonds is 6. The van der Waals surface area contributed by atoms with Crippen molar-refractivity contribution in [2.24, 2.45) is 5.92 Å². The molecule has 0 saturated carbocycles. The van der Waals surface area contributed by atoms with Crippen molar-refractivity contribution in [1.82, 2.24) is 4.72 Å². The van der Waals surface area contributed by atoms with E-state index in [0.717, 1.165) is 12.0 Å². The molecule has 1 rings (SSSR count). The summed E-state index contributed by atoms with van der Waals surface area (Å²) in [6, 6.07) is 5.17. The summed E-state index contributed by atoms with van der Waals surface area (Å²) in [4.78, 5) is 0. The van der Waals surface area contributed by atoms with Crippen LogP contribution < -0.4 is 15.2 Å². The molecule has 0 bridgehead atoms. The Morgan fingerprint density at radius 2 is 2.00 bits per heavy atom. The lowest BCUT2D eigenvalue weighted by Crippen LogP contribution is -2.32. The average Bonchev–Trinajstić information content (AvgIpc) is 2.26. The van der Waals surface area contributed by atoms with Crippen molar-refractivity contribution in [1.29, 1.82) is 0 Å². The number of hydrogen-bond donors (Lipinski definition) is 3. The topological polar surface area (TPSA) is 84.2 Å². The molecule has 4 N–H and O–H groups in total. The number of benzene rings is 1. The van der Waals surface area contributed by atoms with Crippen LogP contribution in [0.1, 0.15) is 26.3 Å². The Morgan fingerprint density at radius 1 is 1.33 bits per heavy atom. The normalized spacial score (nSPS) is 11.8. The summed E-state index contributed by atoms with van der Waals surface area (Å²) in [6.07, 6.45) is 0.824. The molecule has 0 saturated heterocycles. The van der Waals surface area contributed by atoms with E-state index in [1.54, 1.807) is 12.1 Å². The molecule has 0 amide bonds. The fourth-order valence-electron chi connectivity index (χ4n) is 1.45. The maximum atomic E-state index is 11.7. The van der Waals surface area contributed by atoms with E-state index in [1.165, 1.54) is 0 Å². The molecule has 0 unspecified atom stereocenters.